The van der Waals surface area contributed by atoms with Crippen LogP contribution in [0, 0.1) is 0 Å². The van der Waals surface area contributed by atoms with Gasteiger partial charge in [0.1, 0.15) is 0 Å². The lowest BCUT2D eigenvalue weighted by Crippen LogP contribution is -2.24. The van der Waals surface area contributed by atoms with Crippen molar-refractivity contribution in [2.45, 2.75) is 13.3 Å². The summed E-state index contributed by atoms with van der Waals surface area (Å²) in [7, 11) is 0. The molecule has 0 radical (unpaired) electrons. The molecule has 23 heavy (non-hydrogen) atoms. The summed E-state index contributed by atoms with van der Waals surface area (Å²) < 4.78 is 1.97. The molecule has 6 nitrogen and oxygen atoms in total. The summed E-state index contributed by atoms with van der Waals surface area (Å²) in [6, 6.07) is 11.7. The van der Waals surface area contributed by atoms with Gasteiger partial charge in [-0.2, -0.15) is 4.99 Å². The zero-order valence-electron chi connectivity index (χ0n) is 12.7. The summed E-state index contributed by atoms with van der Waals surface area (Å²) in [6.07, 6.45) is 4.30. The van der Waals surface area contributed by atoms with E-state index in [1.165, 1.54) is 0 Å². The Bertz CT molecular complexity index is 906. The fraction of sp³-hybridized carbons (Fsp3) is 0.118. The molecule has 0 aliphatic rings. The maximum absolute atomic E-state index is 12.0. The zero-order chi connectivity index (χ0) is 16.4. The first kappa shape index (κ1) is 14.8. The molecule has 1 amide bonds. The molecule has 6 heteroatoms. The highest BCUT2D eigenvalue weighted by atomic mass is 16.1. The van der Waals surface area contributed by atoms with Crippen LogP contribution in [0.4, 0.5) is 0 Å². The number of hydrogen-bond donors (Lipinski definition) is 2. The lowest BCUT2D eigenvalue weighted by molar-refractivity contribution is 0.100. The lowest BCUT2D eigenvalue weighted by Gasteiger charge is -2.08. The van der Waals surface area contributed by atoms with Gasteiger partial charge in [-0.3, -0.25) is 9.78 Å². The van der Waals surface area contributed by atoms with E-state index in [2.05, 4.69) is 9.98 Å². The van der Waals surface area contributed by atoms with Gasteiger partial charge in [-0.15, -0.1) is 0 Å². The number of hydrogen-bond acceptors (Lipinski definition) is 2. The van der Waals surface area contributed by atoms with Crippen LogP contribution in [0.15, 0.2) is 53.8 Å². The molecule has 4 N–H and O–H groups in total. The van der Waals surface area contributed by atoms with Gasteiger partial charge in [-0.1, -0.05) is 13.0 Å². The zero-order valence-corrected chi connectivity index (χ0v) is 12.7. The SMILES string of the molecule is CCc1cc(C(=O)N=C(N)N)cn1-c1ccc2ncccc2c1. The van der Waals surface area contributed by atoms with E-state index in [-0.39, 0.29) is 5.96 Å². The first-order valence-electron chi connectivity index (χ1n) is 7.29. The largest absolute Gasteiger partial charge is 0.370 e. The van der Waals surface area contributed by atoms with Crippen LogP contribution in [0.25, 0.3) is 16.6 Å². The Labute approximate surface area is 133 Å². The van der Waals surface area contributed by atoms with Crippen molar-refractivity contribution in [2.75, 3.05) is 0 Å². The molecule has 2 aromatic heterocycles. The van der Waals surface area contributed by atoms with Gasteiger partial charge in [0.15, 0.2) is 5.96 Å². The molecule has 0 aliphatic carbocycles. The van der Waals surface area contributed by atoms with E-state index in [0.717, 1.165) is 28.7 Å². The molecule has 0 atom stereocenters. The van der Waals surface area contributed by atoms with Crippen LogP contribution >= 0.6 is 0 Å². The Balaban J connectivity index is 2.08. The van der Waals surface area contributed by atoms with Crippen LogP contribution in [-0.4, -0.2) is 21.4 Å². The van der Waals surface area contributed by atoms with Crippen molar-refractivity contribution in [1.29, 1.82) is 0 Å². The smallest absolute Gasteiger partial charge is 0.281 e. The summed E-state index contributed by atoms with van der Waals surface area (Å²) in [5.74, 6) is -0.682. The van der Waals surface area contributed by atoms with Crippen molar-refractivity contribution in [3.63, 3.8) is 0 Å². The van der Waals surface area contributed by atoms with Gasteiger partial charge in [-0.25, -0.2) is 0 Å². The third-order valence-corrected chi connectivity index (χ3v) is 3.60. The third-order valence-electron chi connectivity index (χ3n) is 3.60. The molecule has 116 valence electrons. The van der Waals surface area contributed by atoms with Crippen molar-refractivity contribution in [1.82, 2.24) is 9.55 Å². The number of aromatic nitrogens is 2. The average molecular weight is 307 g/mol. The second kappa shape index (κ2) is 5.92. The minimum absolute atomic E-state index is 0.238. The van der Waals surface area contributed by atoms with E-state index in [4.69, 9.17) is 11.5 Å². The lowest BCUT2D eigenvalue weighted by atomic mass is 10.2. The molecule has 0 bridgehead atoms. The average Bonchev–Trinajstić information content (AvgIpc) is 2.98. The molecule has 3 rings (SSSR count). The fourth-order valence-electron chi connectivity index (χ4n) is 2.53. The molecule has 3 aromatic rings. The Kier molecular flexibility index (Phi) is 3.80. The maximum atomic E-state index is 12.0. The molecule has 1 aromatic carbocycles. The molecule has 2 heterocycles. The van der Waals surface area contributed by atoms with Crippen LogP contribution in [0.3, 0.4) is 0 Å². The van der Waals surface area contributed by atoms with Gasteiger partial charge in [0.05, 0.1) is 11.1 Å². The molecule has 0 aliphatic heterocycles. The second-order valence-electron chi connectivity index (χ2n) is 5.17. The fourth-order valence-corrected chi connectivity index (χ4v) is 2.53. The number of nitrogens with two attached hydrogens (primary N) is 2. The Hall–Kier alpha value is -3.15. The van der Waals surface area contributed by atoms with Gasteiger partial charge in [0, 0.05) is 29.2 Å². The maximum Gasteiger partial charge on any atom is 0.281 e. The number of rotatable bonds is 3. The molecular formula is C17H17N5O. The molecule has 0 saturated carbocycles. The van der Waals surface area contributed by atoms with E-state index in [9.17, 15) is 4.79 Å². The highest BCUT2D eigenvalue weighted by Gasteiger charge is 2.12. The van der Waals surface area contributed by atoms with E-state index in [1.807, 2.05) is 47.9 Å². The Morgan fingerprint density at radius 2 is 2.09 bits per heavy atom. The van der Waals surface area contributed by atoms with Crippen molar-refractivity contribution >= 4 is 22.8 Å². The third kappa shape index (κ3) is 2.91. The number of amides is 1. The van der Waals surface area contributed by atoms with Crippen molar-refractivity contribution in [2.24, 2.45) is 16.5 Å². The summed E-state index contributed by atoms with van der Waals surface area (Å²) in [5, 5.41) is 1.04. The van der Waals surface area contributed by atoms with Crippen molar-refractivity contribution < 1.29 is 4.79 Å². The van der Waals surface area contributed by atoms with Crippen LogP contribution in [-0.2, 0) is 6.42 Å². The van der Waals surface area contributed by atoms with E-state index in [1.54, 1.807) is 12.4 Å². The standard InChI is InChI=1S/C17H17N5O/c1-2-13-9-12(16(23)21-17(18)19)10-22(13)14-5-6-15-11(8-14)4-3-7-20-15/h3-10H,2H2,1H3,(H4,18,19,21,23). The number of carbonyl (C=O) groups excluding carboxylic acids is 1. The summed E-state index contributed by atoms with van der Waals surface area (Å²) >= 11 is 0. The van der Waals surface area contributed by atoms with Crippen molar-refractivity contribution in [3.05, 3.63) is 60.0 Å². The van der Waals surface area contributed by atoms with Crippen LogP contribution in [0.2, 0.25) is 0 Å². The number of aliphatic imine (C=N–C) groups is 1. The number of pyridine rings is 1. The topological polar surface area (TPSA) is 99.3 Å². The number of fused-ring (bicyclic) bond motifs is 1. The predicted molar refractivity (Wildman–Crippen MR) is 90.6 cm³/mol. The van der Waals surface area contributed by atoms with Crippen molar-refractivity contribution in [3.8, 4) is 5.69 Å². The minimum atomic E-state index is -0.444. The highest BCUT2D eigenvalue weighted by Crippen LogP contribution is 2.21. The first-order valence-corrected chi connectivity index (χ1v) is 7.29. The van der Waals surface area contributed by atoms with Gasteiger partial charge >= 0.3 is 0 Å². The van der Waals surface area contributed by atoms with Gasteiger partial charge in [0.25, 0.3) is 5.91 Å². The number of carbonyl (C=O) groups is 1. The number of nitrogens with zero attached hydrogens (tertiary/aromatic N) is 3. The van der Waals surface area contributed by atoms with E-state index >= 15 is 0 Å². The summed E-state index contributed by atoms with van der Waals surface area (Å²) in [5.41, 5.74) is 13.9. The molecule has 0 spiro atoms. The first-order chi connectivity index (χ1) is 11.1. The number of guanidine groups is 1. The molecule has 0 saturated heterocycles. The Morgan fingerprint density at radius 1 is 1.26 bits per heavy atom. The van der Waals surface area contributed by atoms with E-state index in [0.29, 0.717) is 5.56 Å². The van der Waals surface area contributed by atoms with Crippen LogP contribution < -0.4 is 11.5 Å². The number of benzene rings is 1. The van der Waals surface area contributed by atoms with Gasteiger partial charge < -0.3 is 16.0 Å². The number of aryl methyl sites for hydroxylation is 1. The van der Waals surface area contributed by atoms with Gasteiger partial charge in [-0.05, 0) is 36.8 Å². The summed E-state index contributed by atoms with van der Waals surface area (Å²) in [4.78, 5) is 19.9. The summed E-state index contributed by atoms with van der Waals surface area (Å²) in [6.45, 7) is 2.03. The highest BCUT2D eigenvalue weighted by molar-refractivity contribution is 6.02. The molecule has 0 fully saturated rings. The van der Waals surface area contributed by atoms with Crippen LogP contribution in [0.1, 0.15) is 23.0 Å². The monoisotopic (exact) mass is 307 g/mol. The quantitative estimate of drug-likeness (QED) is 0.571. The predicted octanol–water partition coefficient (Wildman–Crippen LogP) is 2.00. The normalized spacial score (nSPS) is 10.7. The molecular weight excluding hydrogens is 290 g/mol. The minimum Gasteiger partial charge on any atom is -0.370 e. The van der Waals surface area contributed by atoms with Gasteiger partial charge in [0.2, 0.25) is 0 Å². The molecule has 0 unspecified atom stereocenters. The van der Waals surface area contributed by atoms with E-state index < -0.39 is 5.91 Å². The Morgan fingerprint density at radius 3 is 2.83 bits per heavy atom. The second-order valence-corrected chi connectivity index (χ2v) is 5.17. The van der Waals surface area contributed by atoms with Crippen LogP contribution in [0.5, 0.6) is 0 Å².